The number of ether oxygens (including phenoxy) is 1. The summed E-state index contributed by atoms with van der Waals surface area (Å²) in [6.45, 7) is 3.27. The summed E-state index contributed by atoms with van der Waals surface area (Å²) in [6.07, 6.45) is 3.71. The number of benzene rings is 1. The zero-order valence-corrected chi connectivity index (χ0v) is 11.0. The Balaban J connectivity index is 1.93. The molecule has 0 radical (unpaired) electrons. The average molecular weight is 266 g/mol. The molecule has 1 heterocycles. The van der Waals surface area contributed by atoms with Gasteiger partial charge < -0.3 is 10.5 Å². The summed E-state index contributed by atoms with van der Waals surface area (Å²) in [7, 11) is 0. The SMILES string of the molecule is CCn1cc(C(N)COc2cccc(Cl)c2)cn1. The van der Waals surface area contributed by atoms with Gasteiger partial charge in [-0.25, -0.2) is 0 Å². The number of hydrogen-bond acceptors (Lipinski definition) is 3. The zero-order valence-electron chi connectivity index (χ0n) is 10.2. The van der Waals surface area contributed by atoms with Gasteiger partial charge >= 0.3 is 0 Å². The third kappa shape index (κ3) is 3.24. The molecule has 1 aromatic heterocycles. The second kappa shape index (κ2) is 5.89. The van der Waals surface area contributed by atoms with E-state index in [0.717, 1.165) is 17.9 Å². The van der Waals surface area contributed by atoms with Gasteiger partial charge in [0, 0.05) is 23.3 Å². The highest BCUT2D eigenvalue weighted by molar-refractivity contribution is 6.30. The topological polar surface area (TPSA) is 53.1 Å². The second-order valence-corrected chi connectivity index (χ2v) is 4.44. The van der Waals surface area contributed by atoms with Crippen LogP contribution in [0.1, 0.15) is 18.5 Å². The molecule has 0 aliphatic heterocycles. The minimum atomic E-state index is -0.190. The van der Waals surface area contributed by atoms with E-state index in [4.69, 9.17) is 22.1 Å². The van der Waals surface area contributed by atoms with Gasteiger partial charge in [-0.05, 0) is 25.1 Å². The third-order valence-corrected chi connectivity index (χ3v) is 2.87. The maximum Gasteiger partial charge on any atom is 0.120 e. The van der Waals surface area contributed by atoms with Gasteiger partial charge in [0.05, 0.1) is 12.2 Å². The molecular weight excluding hydrogens is 250 g/mol. The van der Waals surface area contributed by atoms with E-state index >= 15 is 0 Å². The monoisotopic (exact) mass is 265 g/mol. The zero-order chi connectivity index (χ0) is 13.0. The van der Waals surface area contributed by atoms with Crippen LogP contribution in [0.4, 0.5) is 0 Å². The minimum Gasteiger partial charge on any atom is -0.492 e. The first-order chi connectivity index (χ1) is 8.69. The van der Waals surface area contributed by atoms with Gasteiger partial charge in [-0.2, -0.15) is 5.10 Å². The maximum atomic E-state index is 6.04. The Kier molecular flexibility index (Phi) is 4.23. The summed E-state index contributed by atoms with van der Waals surface area (Å²) < 4.78 is 7.44. The van der Waals surface area contributed by atoms with Crippen molar-refractivity contribution in [1.82, 2.24) is 9.78 Å². The molecule has 2 N–H and O–H groups in total. The van der Waals surface area contributed by atoms with Gasteiger partial charge in [0.1, 0.15) is 12.4 Å². The van der Waals surface area contributed by atoms with Crippen LogP contribution in [0.3, 0.4) is 0 Å². The van der Waals surface area contributed by atoms with Crippen molar-refractivity contribution < 1.29 is 4.74 Å². The van der Waals surface area contributed by atoms with Crippen molar-refractivity contribution in [3.63, 3.8) is 0 Å². The van der Waals surface area contributed by atoms with Crippen molar-refractivity contribution in [2.45, 2.75) is 19.5 Å². The van der Waals surface area contributed by atoms with E-state index in [2.05, 4.69) is 5.10 Å². The molecule has 0 amide bonds. The number of rotatable bonds is 5. The fourth-order valence-electron chi connectivity index (χ4n) is 1.58. The Bertz CT molecular complexity index is 512. The molecule has 4 nitrogen and oxygen atoms in total. The van der Waals surface area contributed by atoms with Crippen LogP contribution in [0.25, 0.3) is 0 Å². The standard InChI is InChI=1S/C13H16ClN3O/c1-2-17-8-10(7-16-17)13(15)9-18-12-5-3-4-11(14)6-12/h3-8,13H,2,9,15H2,1H3. The normalized spacial score (nSPS) is 12.4. The highest BCUT2D eigenvalue weighted by Crippen LogP contribution is 2.18. The van der Waals surface area contributed by atoms with Crippen molar-refractivity contribution in [2.75, 3.05) is 6.61 Å². The molecule has 2 aromatic rings. The maximum absolute atomic E-state index is 6.04. The van der Waals surface area contributed by atoms with Gasteiger partial charge in [-0.3, -0.25) is 4.68 Å². The molecule has 96 valence electrons. The summed E-state index contributed by atoms with van der Waals surface area (Å²) in [5.41, 5.74) is 7.01. The largest absolute Gasteiger partial charge is 0.492 e. The van der Waals surface area contributed by atoms with E-state index in [9.17, 15) is 0 Å². The highest BCUT2D eigenvalue weighted by Gasteiger charge is 2.09. The molecule has 0 bridgehead atoms. The summed E-state index contributed by atoms with van der Waals surface area (Å²) in [5.74, 6) is 0.723. The van der Waals surface area contributed by atoms with Crippen molar-refractivity contribution in [1.29, 1.82) is 0 Å². The lowest BCUT2D eigenvalue weighted by atomic mass is 10.2. The predicted octanol–water partition coefficient (Wildman–Crippen LogP) is 2.64. The minimum absolute atomic E-state index is 0.190. The smallest absolute Gasteiger partial charge is 0.120 e. The second-order valence-electron chi connectivity index (χ2n) is 4.00. The van der Waals surface area contributed by atoms with Crippen molar-refractivity contribution in [3.05, 3.63) is 47.2 Å². The number of halogens is 1. The summed E-state index contributed by atoms with van der Waals surface area (Å²) in [5, 5.41) is 4.84. The molecule has 0 spiro atoms. The van der Waals surface area contributed by atoms with E-state index in [1.807, 2.05) is 29.9 Å². The lowest BCUT2D eigenvalue weighted by Gasteiger charge is -2.11. The fourth-order valence-corrected chi connectivity index (χ4v) is 1.76. The Labute approximate surface area is 111 Å². The van der Waals surface area contributed by atoms with Crippen LogP contribution in [0.15, 0.2) is 36.7 Å². The van der Waals surface area contributed by atoms with Gasteiger partial charge in [0.2, 0.25) is 0 Å². The molecule has 0 saturated carbocycles. The summed E-state index contributed by atoms with van der Waals surface area (Å²) in [4.78, 5) is 0. The van der Waals surface area contributed by atoms with Gasteiger partial charge in [0.15, 0.2) is 0 Å². The lowest BCUT2D eigenvalue weighted by molar-refractivity contribution is 0.290. The summed E-state index contributed by atoms with van der Waals surface area (Å²) >= 11 is 5.87. The van der Waals surface area contributed by atoms with Crippen LogP contribution in [-0.4, -0.2) is 16.4 Å². The molecular formula is C13H16ClN3O. The first-order valence-corrected chi connectivity index (χ1v) is 6.23. The molecule has 2 rings (SSSR count). The molecule has 0 saturated heterocycles. The molecule has 1 unspecified atom stereocenters. The Morgan fingerprint density at radius 1 is 1.50 bits per heavy atom. The lowest BCUT2D eigenvalue weighted by Crippen LogP contribution is -2.18. The quantitative estimate of drug-likeness (QED) is 0.904. The Hall–Kier alpha value is -1.52. The van der Waals surface area contributed by atoms with E-state index < -0.39 is 0 Å². The number of aromatic nitrogens is 2. The molecule has 1 aromatic carbocycles. The Morgan fingerprint density at radius 2 is 2.33 bits per heavy atom. The van der Waals surface area contributed by atoms with Crippen molar-refractivity contribution in [3.8, 4) is 5.75 Å². The molecule has 0 aliphatic rings. The van der Waals surface area contributed by atoms with E-state index in [0.29, 0.717) is 11.6 Å². The number of nitrogens with zero attached hydrogens (tertiary/aromatic N) is 2. The third-order valence-electron chi connectivity index (χ3n) is 2.63. The molecule has 5 heteroatoms. The first kappa shape index (κ1) is 12.9. The summed E-state index contributed by atoms with van der Waals surface area (Å²) in [6, 6.07) is 7.08. The van der Waals surface area contributed by atoms with Crippen LogP contribution in [0.2, 0.25) is 5.02 Å². The molecule has 0 fully saturated rings. The van der Waals surface area contributed by atoms with E-state index in [-0.39, 0.29) is 6.04 Å². The van der Waals surface area contributed by atoms with Crippen LogP contribution >= 0.6 is 11.6 Å². The predicted molar refractivity (Wildman–Crippen MR) is 71.8 cm³/mol. The number of hydrogen-bond donors (Lipinski definition) is 1. The van der Waals surface area contributed by atoms with Gasteiger partial charge in [0.25, 0.3) is 0 Å². The van der Waals surface area contributed by atoms with Gasteiger partial charge in [-0.1, -0.05) is 17.7 Å². The van der Waals surface area contributed by atoms with Crippen LogP contribution < -0.4 is 10.5 Å². The van der Waals surface area contributed by atoms with Crippen molar-refractivity contribution in [2.24, 2.45) is 5.73 Å². The molecule has 1 atom stereocenters. The molecule has 0 aliphatic carbocycles. The average Bonchev–Trinajstić information content (AvgIpc) is 2.85. The van der Waals surface area contributed by atoms with E-state index in [1.165, 1.54) is 0 Å². The number of aryl methyl sites for hydroxylation is 1. The highest BCUT2D eigenvalue weighted by atomic mass is 35.5. The first-order valence-electron chi connectivity index (χ1n) is 5.85. The molecule has 18 heavy (non-hydrogen) atoms. The Morgan fingerprint density at radius 3 is 3.00 bits per heavy atom. The van der Waals surface area contributed by atoms with E-state index in [1.54, 1.807) is 18.3 Å². The van der Waals surface area contributed by atoms with Gasteiger partial charge in [-0.15, -0.1) is 0 Å². The van der Waals surface area contributed by atoms with Crippen LogP contribution in [0, 0.1) is 0 Å². The number of nitrogens with two attached hydrogens (primary N) is 1. The van der Waals surface area contributed by atoms with Crippen molar-refractivity contribution >= 4 is 11.6 Å². The fraction of sp³-hybridized carbons (Fsp3) is 0.308. The van der Waals surface area contributed by atoms with Crippen LogP contribution in [0.5, 0.6) is 5.75 Å². The van der Waals surface area contributed by atoms with Crippen LogP contribution in [-0.2, 0) is 6.54 Å².